The van der Waals surface area contributed by atoms with Gasteiger partial charge in [-0.1, -0.05) is 12.1 Å². The molecule has 0 bridgehead atoms. The van der Waals surface area contributed by atoms with Crippen molar-refractivity contribution >= 4 is 0 Å². The Kier molecular flexibility index (Phi) is 5.05. The summed E-state index contributed by atoms with van der Waals surface area (Å²) in [6, 6.07) is 8.09. The zero-order valence-corrected chi connectivity index (χ0v) is 13.5. The molecule has 6 heteroatoms. The number of ether oxygens (including phenoxy) is 2. The third kappa shape index (κ3) is 3.60. The van der Waals surface area contributed by atoms with Gasteiger partial charge in [-0.05, 0) is 11.1 Å². The predicted octanol–water partition coefficient (Wildman–Crippen LogP) is 1.49. The molecule has 1 aliphatic rings. The monoisotopic (exact) mass is 314 g/mol. The van der Waals surface area contributed by atoms with E-state index in [0.717, 1.165) is 37.3 Å². The molecule has 3 rings (SSSR count). The molecular formula is C17H22N4O2. The lowest BCUT2D eigenvalue weighted by atomic mass is 9.99. The number of piperazine rings is 1. The van der Waals surface area contributed by atoms with Crippen molar-refractivity contribution in [2.45, 2.75) is 6.04 Å². The summed E-state index contributed by atoms with van der Waals surface area (Å²) >= 11 is 0. The molecule has 0 aliphatic carbocycles. The minimum absolute atomic E-state index is 0.133. The van der Waals surface area contributed by atoms with Crippen LogP contribution in [0.4, 0.5) is 0 Å². The van der Waals surface area contributed by atoms with Crippen LogP contribution < -0.4 is 14.8 Å². The third-order valence-corrected chi connectivity index (χ3v) is 4.08. The Morgan fingerprint density at radius 1 is 0.913 bits per heavy atom. The summed E-state index contributed by atoms with van der Waals surface area (Å²) in [4.78, 5) is 11.2. The molecule has 122 valence electrons. The SMILES string of the molecule is COc1ccc(C(c2ccc(OC)nc2)N2CCNCC2)cn1. The number of aromatic nitrogens is 2. The van der Waals surface area contributed by atoms with E-state index in [9.17, 15) is 0 Å². The summed E-state index contributed by atoms with van der Waals surface area (Å²) in [5.41, 5.74) is 2.28. The van der Waals surface area contributed by atoms with Crippen molar-refractivity contribution in [1.29, 1.82) is 0 Å². The Hall–Kier alpha value is -2.18. The van der Waals surface area contributed by atoms with Gasteiger partial charge in [0.25, 0.3) is 0 Å². The Balaban J connectivity index is 1.93. The maximum Gasteiger partial charge on any atom is 0.212 e. The lowest BCUT2D eigenvalue weighted by Gasteiger charge is -2.35. The van der Waals surface area contributed by atoms with E-state index in [-0.39, 0.29) is 6.04 Å². The highest BCUT2D eigenvalue weighted by Gasteiger charge is 2.24. The third-order valence-electron chi connectivity index (χ3n) is 4.08. The van der Waals surface area contributed by atoms with Crippen LogP contribution in [0.5, 0.6) is 11.8 Å². The predicted molar refractivity (Wildman–Crippen MR) is 87.9 cm³/mol. The number of pyridine rings is 2. The van der Waals surface area contributed by atoms with Gasteiger partial charge >= 0.3 is 0 Å². The standard InChI is InChI=1S/C17H22N4O2/c1-22-15-5-3-13(11-19-15)17(21-9-7-18-8-10-21)14-4-6-16(23-2)20-12-14/h3-6,11-12,17-18H,7-10H2,1-2H3. The fraction of sp³-hybridized carbons (Fsp3) is 0.412. The van der Waals surface area contributed by atoms with E-state index in [1.54, 1.807) is 14.2 Å². The first-order valence-corrected chi connectivity index (χ1v) is 7.76. The second-order valence-electron chi connectivity index (χ2n) is 5.46. The summed E-state index contributed by atoms with van der Waals surface area (Å²) in [5, 5.41) is 3.40. The Bertz CT molecular complexity index is 562. The zero-order valence-electron chi connectivity index (χ0n) is 13.5. The molecule has 0 aromatic carbocycles. The van der Waals surface area contributed by atoms with E-state index in [4.69, 9.17) is 9.47 Å². The number of nitrogens with one attached hydrogen (secondary N) is 1. The number of methoxy groups -OCH3 is 2. The first kappa shape index (κ1) is 15.7. The van der Waals surface area contributed by atoms with Crippen LogP contribution in [-0.2, 0) is 0 Å². The van der Waals surface area contributed by atoms with Crippen molar-refractivity contribution in [2.24, 2.45) is 0 Å². The van der Waals surface area contributed by atoms with Gasteiger partial charge in [0, 0.05) is 50.7 Å². The van der Waals surface area contributed by atoms with Gasteiger partial charge in [0.15, 0.2) is 0 Å². The highest BCUT2D eigenvalue weighted by Crippen LogP contribution is 2.29. The molecule has 1 aliphatic heterocycles. The maximum atomic E-state index is 5.17. The van der Waals surface area contributed by atoms with Crippen molar-refractivity contribution in [3.63, 3.8) is 0 Å². The van der Waals surface area contributed by atoms with Crippen molar-refractivity contribution < 1.29 is 9.47 Å². The molecule has 0 radical (unpaired) electrons. The van der Waals surface area contributed by atoms with E-state index in [1.807, 2.05) is 24.5 Å². The normalized spacial score (nSPS) is 15.6. The largest absolute Gasteiger partial charge is 0.481 e. The van der Waals surface area contributed by atoms with Crippen molar-refractivity contribution in [3.8, 4) is 11.8 Å². The fourth-order valence-corrected chi connectivity index (χ4v) is 2.90. The molecule has 3 heterocycles. The molecule has 0 unspecified atom stereocenters. The van der Waals surface area contributed by atoms with Crippen LogP contribution in [0, 0.1) is 0 Å². The van der Waals surface area contributed by atoms with Gasteiger partial charge in [0.1, 0.15) is 0 Å². The fourth-order valence-electron chi connectivity index (χ4n) is 2.90. The summed E-state index contributed by atoms with van der Waals surface area (Å²) in [7, 11) is 3.26. The first-order valence-electron chi connectivity index (χ1n) is 7.76. The molecule has 1 fully saturated rings. The van der Waals surface area contributed by atoms with E-state index in [1.165, 1.54) is 0 Å². The van der Waals surface area contributed by atoms with Crippen LogP contribution in [0.2, 0.25) is 0 Å². The average Bonchev–Trinajstić information content (AvgIpc) is 2.64. The van der Waals surface area contributed by atoms with Crippen LogP contribution in [0.1, 0.15) is 17.2 Å². The molecule has 2 aromatic heterocycles. The summed E-state index contributed by atoms with van der Waals surface area (Å²) in [6.07, 6.45) is 3.77. The van der Waals surface area contributed by atoms with E-state index >= 15 is 0 Å². The van der Waals surface area contributed by atoms with Crippen LogP contribution in [0.3, 0.4) is 0 Å². The van der Waals surface area contributed by atoms with Gasteiger partial charge in [0.05, 0.1) is 20.3 Å². The molecule has 0 amide bonds. The minimum atomic E-state index is 0.133. The van der Waals surface area contributed by atoms with E-state index < -0.39 is 0 Å². The van der Waals surface area contributed by atoms with E-state index in [0.29, 0.717) is 11.8 Å². The molecule has 0 saturated carbocycles. The van der Waals surface area contributed by atoms with Gasteiger partial charge in [-0.2, -0.15) is 0 Å². The molecule has 0 atom stereocenters. The van der Waals surface area contributed by atoms with Gasteiger partial charge in [-0.25, -0.2) is 9.97 Å². The number of hydrogen-bond acceptors (Lipinski definition) is 6. The lowest BCUT2D eigenvalue weighted by molar-refractivity contribution is 0.197. The van der Waals surface area contributed by atoms with Crippen molar-refractivity contribution in [3.05, 3.63) is 47.8 Å². The summed E-state index contributed by atoms with van der Waals surface area (Å²) in [5.74, 6) is 1.25. The lowest BCUT2D eigenvalue weighted by Crippen LogP contribution is -2.45. The molecule has 1 saturated heterocycles. The summed E-state index contributed by atoms with van der Waals surface area (Å²) < 4.78 is 10.3. The maximum absolute atomic E-state index is 5.17. The molecule has 0 spiro atoms. The Morgan fingerprint density at radius 2 is 1.43 bits per heavy atom. The highest BCUT2D eigenvalue weighted by atomic mass is 16.5. The second kappa shape index (κ2) is 7.39. The molecule has 23 heavy (non-hydrogen) atoms. The Morgan fingerprint density at radius 3 is 1.83 bits per heavy atom. The number of nitrogens with zero attached hydrogens (tertiary/aromatic N) is 3. The van der Waals surface area contributed by atoms with Gasteiger partial charge in [0.2, 0.25) is 11.8 Å². The number of hydrogen-bond donors (Lipinski definition) is 1. The molecule has 1 N–H and O–H groups in total. The second-order valence-corrected chi connectivity index (χ2v) is 5.46. The first-order chi connectivity index (χ1) is 11.3. The van der Waals surface area contributed by atoms with Crippen molar-refractivity contribution in [1.82, 2.24) is 20.2 Å². The minimum Gasteiger partial charge on any atom is -0.481 e. The zero-order chi connectivity index (χ0) is 16.1. The van der Waals surface area contributed by atoms with Gasteiger partial charge < -0.3 is 14.8 Å². The van der Waals surface area contributed by atoms with Crippen LogP contribution in [-0.4, -0.2) is 55.3 Å². The number of rotatable bonds is 5. The molecule has 6 nitrogen and oxygen atoms in total. The smallest absolute Gasteiger partial charge is 0.212 e. The van der Waals surface area contributed by atoms with Crippen LogP contribution in [0.15, 0.2) is 36.7 Å². The summed E-state index contributed by atoms with van der Waals surface area (Å²) in [6.45, 7) is 3.96. The van der Waals surface area contributed by atoms with Crippen molar-refractivity contribution in [2.75, 3.05) is 40.4 Å². The topological polar surface area (TPSA) is 59.5 Å². The van der Waals surface area contributed by atoms with Gasteiger partial charge in [-0.15, -0.1) is 0 Å². The van der Waals surface area contributed by atoms with Gasteiger partial charge in [-0.3, -0.25) is 4.90 Å². The molecular weight excluding hydrogens is 292 g/mol. The van der Waals surface area contributed by atoms with Crippen LogP contribution in [0.25, 0.3) is 0 Å². The highest BCUT2D eigenvalue weighted by molar-refractivity contribution is 5.32. The van der Waals surface area contributed by atoms with E-state index in [2.05, 4.69) is 32.3 Å². The quantitative estimate of drug-likeness (QED) is 0.902. The Labute approximate surface area is 136 Å². The molecule has 2 aromatic rings. The van der Waals surface area contributed by atoms with Crippen LogP contribution >= 0.6 is 0 Å². The average molecular weight is 314 g/mol.